The van der Waals surface area contributed by atoms with E-state index in [1.807, 2.05) is 13.8 Å². The Morgan fingerprint density at radius 3 is 2.42 bits per heavy atom. The topological polar surface area (TPSA) is 29.5 Å². The third-order valence-electron chi connectivity index (χ3n) is 1.81. The van der Waals surface area contributed by atoms with E-state index in [9.17, 15) is 0 Å². The minimum atomic E-state index is -0.0772. The van der Waals surface area contributed by atoms with Crippen LogP contribution in [0.5, 0.6) is 0 Å². The van der Waals surface area contributed by atoms with Crippen LogP contribution in [0.1, 0.15) is 40.0 Å². The van der Waals surface area contributed by atoms with Gasteiger partial charge in [-0.05, 0) is 6.42 Å². The van der Waals surface area contributed by atoms with E-state index in [0.717, 1.165) is 13.0 Å². The lowest BCUT2D eigenvalue weighted by Gasteiger charge is -2.20. The fraction of sp³-hybridized carbons (Fsp3) is 1.00. The molecule has 0 radical (unpaired) electrons. The molecule has 0 spiro atoms. The average Bonchev–Trinajstić information content (AvgIpc) is 2.04. The van der Waals surface area contributed by atoms with Crippen LogP contribution < -0.4 is 0 Å². The molecule has 0 aromatic carbocycles. The van der Waals surface area contributed by atoms with Gasteiger partial charge in [-0.1, -0.05) is 33.6 Å². The minimum Gasteiger partial charge on any atom is -0.396 e. The van der Waals surface area contributed by atoms with Crippen LogP contribution in [-0.4, -0.2) is 24.9 Å². The zero-order chi connectivity index (χ0) is 9.45. The summed E-state index contributed by atoms with van der Waals surface area (Å²) in [6, 6.07) is 0. The Morgan fingerprint density at radius 1 is 1.25 bits per heavy atom. The summed E-state index contributed by atoms with van der Waals surface area (Å²) >= 11 is 0. The van der Waals surface area contributed by atoms with Crippen molar-refractivity contribution in [1.29, 1.82) is 0 Å². The standard InChI is InChI=1S/C10H22O2/c1-4-5-6-7-12-9-10(2,3)8-11/h11H,4-9H2,1-3H3. The molecular weight excluding hydrogens is 152 g/mol. The normalized spacial score (nSPS) is 12.0. The first-order chi connectivity index (χ1) is 5.62. The third kappa shape index (κ3) is 6.62. The zero-order valence-electron chi connectivity index (χ0n) is 8.60. The number of hydrogen-bond donors (Lipinski definition) is 1. The van der Waals surface area contributed by atoms with Gasteiger partial charge in [-0.25, -0.2) is 0 Å². The van der Waals surface area contributed by atoms with Crippen LogP contribution in [0.3, 0.4) is 0 Å². The maximum atomic E-state index is 8.92. The van der Waals surface area contributed by atoms with Crippen molar-refractivity contribution in [3.05, 3.63) is 0 Å². The summed E-state index contributed by atoms with van der Waals surface area (Å²) in [5, 5.41) is 8.92. The molecule has 0 atom stereocenters. The largest absolute Gasteiger partial charge is 0.396 e. The van der Waals surface area contributed by atoms with Crippen molar-refractivity contribution in [3.63, 3.8) is 0 Å². The van der Waals surface area contributed by atoms with Crippen molar-refractivity contribution < 1.29 is 9.84 Å². The zero-order valence-corrected chi connectivity index (χ0v) is 8.60. The van der Waals surface area contributed by atoms with Crippen LogP contribution in [0.2, 0.25) is 0 Å². The lowest BCUT2D eigenvalue weighted by Crippen LogP contribution is -2.23. The summed E-state index contributed by atoms with van der Waals surface area (Å²) in [6.07, 6.45) is 3.60. The van der Waals surface area contributed by atoms with Crippen molar-refractivity contribution in [2.45, 2.75) is 40.0 Å². The minimum absolute atomic E-state index is 0.0772. The van der Waals surface area contributed by atoms with E-state index in [2.05, 4.69) is 6.92 Å². The maximum Gasteiger partial charge on any atom is 0.0539 e. The van der Waals surface area contributed by atoms with Gasteiger partial charge in [0.25, 0.3) is 0 Å². The van der Waals surface area contributed by atoms with E-state index < -0.39 is 0 Å². The molecule has 0 unspecified atom stereocenters. The van der Waals surface area contributed by atoms with E-state index in [1.54, 1.807) is 0 Å². The Labute approximate surface area is 75.9 Å². The van der Waals surface area contributed by atoms with Gasteiger partial charge in [0.05, 0.1) is 13.2 Å². The predicted octanol–water partition coefficient (Wildman–Crippen LogP) is 2.21. The van der Waals surface area contributed by atoms with Crippen LogP contribution in [0.15, 0.2) is 0 Å². The van der Waals surface area contributed by atoms with E-state index in [1.165, 1.54) is 12.8 Å². The number of ether oxygens (including phenoxy) is 1. The lowest BCUT2D eigenvalue weighted by atomic mass is 9.97. The summed E-state index contributed by atoms with van der Waals surface area (Å²) in [6.45, 7) is 7.88. The monoisotopic (exact) mass is 174 g/mol. The van der Waals surface area contributed by atoms with Gasteiger partial charge < -0.3 is 9.84 Å². The van der Waals surface area contributed by atoms with Crippen LogP contribution >= 0.6 is 0 Å². The molecule has 12 heavy (non-hydrogen) atoms. The molecular formula is C10H22O2. The highest BCUT2D eigenvalue weighted by Crippen LogP contribution is 2.13. The Morgan fingerprint density at radius 2 is 1.92 bits per heavy atom. The van der Waals surface area contributed by atoms with Gasteiger partial charge in [0.15, 0.2) is 0 Å². The first kappa shape index (κ1) is 11.9. The second kappa shape index (κ2) is 6.44. The summed E-state index contributed by atoms with van der Waals surface area (Å²) in [4.78, 5) is 0. The van der Waals surface area contributed by atoms with Crippen LogP contribution in [0, 0.1) is 5.41 Å². The molecule has 0 aliphatic carbocycles. The summed E-state index contributed by atoms with van der Waals surface area (Å²) in [5.74, 6) is 0. The molecule has 0 aromatic rings. The quantitative estimate of drug-likeness (QED) is 0.600. The number of rotatable bonds is 7. The fourth-order valence-electron chi connectivity index (χ4n) is 0.848. The third-order valence-corrected chi connectivity index (χ3v) is 1.81. The highest BCUT2D eigenvalue weighted by Gasteiger charge is 2.15. The van der Waals surface area contributed by atoms with Crippen LogP contribution in [0.25, 0.3) is 0 Å². The van der Waals surface area contributed by atoms with Gasteiger partial charge in [0.2, 0.25) is 0 Å². The molecule has 0 rings (SSSR count). The van der Waals surface area contributed by atoms with Gasteiger partial charge in [-0.3, -0.25) is 0 Å². The summed E-state index contributed by atoms with van der Waals surface area (Å²) in [5.41, 5.74) is -0.0772. The molecule has 0 aromatic heterocycles. The fourth-order valence-corrected chi connectivity index (χ4v) is 0.848. The number of unbranched alkanes of at least 4 members (excludes halogenated alkanes) is 2. The van der Waals surface area contributed by atoms with Gasteiger partial charge in [0, 0.05) is 12.0 Å². The Balaban J connectivity index is 3.19. The first-order valence-corrected chi connectivity index (χ1v) is 4.81. The number of aliphatic hydroxyl groups excluding tert-OH is 1. The Kier molecular flexibility index (Phi) is 6.39. The van der Waals surface area contributed by atoms with Gasteiger partial charge in [-0.15, -0.1) is 0 Å². The number of hydrogen-bond acceptors (Lipinski definition) is 2. The molecule has 74 valence electrons. The van der Waals surface area contributed by atoms with Gasteiger partial charge >= 0.3 is 0 Å². The smallest absolute Gasteiger partial charge is 0.0539 e. The molecule has 1 N–H and O–H groups in total. The van der Waals surface area contributed by atoms with Gasteiger partial charge in [0.1, 0.15) is 0 Å². The second-order valence-corrected chi connectivity index (χ2v) is 4.08. The van der Waals surface area contributed by atoms with Crippen molar-refractivity contribution in [2.24, 2.45) is 5.41 Å². The predicted molar refractivity (Wildman–Crippen MR) is 51.2 cm³/mol. The first-order valence-electron chi connectivity index (χ1n) is 4.81. The molecule has 0 saturated heterocycles. The highest BCUT2D eigenvalue weighted by atomic mass is 16.5. The van der Waals surface area contributed by atoms with Crippen molar-refractivity contribution >= 4 is 0 Å². The Hall–Kier alpha value is -0.0800. The lowest BCUT2D eigenvalue weighted by molar-refractivity contribution is 0.0266. The van der Waals surface area contributed by atoms with Crippen molar-refractivity contribution in [2.75, 3.05) is 19.8 Å². The Bertz CT molecular complexity index is 100. The van der Waals surface area contributed by atoms with Gasteiger partial charge in [-0.2, -0.15) is 0 Å². The van der Waals surface area contributed by atoms with E-state index >= 15 is 0 Å². The van der Waals surface area contributed by atoms with Crippen molar-refractivity contribution in [3.8, 4) is 0 Å². The van der Waals surface area contributed by atoms with Crippen LogP contribution in [-0.2, 0) is 4.74 Å². The SMILES string of the molecule is CCCCCOCC(C)(C)CO. The molecule has 0 bridgehead atoms. The maximum absolute atomic E-state index is 8.92. The molecule has 2 nitrogen and oxygen atoms in total. The molecule has 0 aliphatic heterocycles. The highest BCUT2D eigenvalue weighted by molar-refractivity contribution is 4.64. The average molecular weight is 174 g/mol. The molecule has 0 aliphatic rings. The second-order valence-electron chi connectivity index (χ2n) is 4.08. The number of aliphatic hydroxyl groups is 1. The molecule has 0 amide bonds. The van der Waals surface area contributed by atoms with E-state index in [4.69, 9.17) is 9.84 Å². The van der Waals surface area contributed by atoms with E-state index in [-0.39, 0.29) is 12.0 Å². The van der Waals surface area contributed by atoms with E-state index in [0.29, 0.717) is 6.61 Å². The van der Waals surface area contributed by atoms with Crippen molar-refractivity contribution in [1.82, 2.24) is 0 Å². The molecule has 0 saturated carbocycles. The molecule has 0 heterocycles. The summed E-state index contributed by atoms with van der Waals surface area (Å²) in [7, 11) is 0. The van der Waals surface area contributed by atoms with Crippen LogP contribution in [0.4, 0.5) is 0 Å². The molecule has 0 fully saturated rings. The molecule has 2 heteroatoms. The summed E-state index contributed by atoms with van der Waals surface area (Å²) < 4.78 is 5.43.